The van der Waals surface area contributed by atoms with E-state index in [0.29, 0.717) is 23.4 Å². The predicted molar refractivity (Wildman–Crippen MR) is 117 cm³/mol. The normalized spacial score (nSPS) is 10.8. The second-order valence-corrected chi connectivity index (χ2v) is 6.71. The van der Waals surface area contributed by atoms with Crippen molar-refractivity contribution in [1.29, 1.82) is 0 Å². The lowest BCUT2D eigenvalue weighted by atomic mass is 10.2. The number of rotatable bonds is 8. The van der Waals surface area contributed by atoms with Crippen LogP contribution in [0.3, 0.4) is 0 Å². The molecule has 0 spiro atoms. The lowest BCUT2D eigenvalue weighted by molar-refractivity contribution is 0.0949. The van der Waals surface area contributed by atoms with Crippen molar-refractivity contribution in [3.63, 3.8) is 0 Å². The van der Waals surface area contributed by atoms with E-state index in [1.807, 2.05) is 0 Å². The number of phenols is 1. The first-order valence-corrected chi connectivity index (χ1v) is 9.46. The minimum Gasteiger partial charge on any atom is -0.507 e. The summed E-state index contributed by atoms with van der Waals surface area (Å²) in [6.07, 6.45) is 1.60. The second kappa shape index (κ2) is 11.7. The maximum atomic E-state index is 12.2. The third-order valence-electron chi connectivity index (χ3n) is 4.08. The maximum Gasteiger partial charge on any atom is 0.251 e. The molecule has 2 rings (SSSR count). The van der Waals surface area contributed by atoms with Gasteiger partial charge in [0, 0.05) is 34.9 Å². The number of carbonyl (C=O) groups excluding carboxylic acids is 1. The Balaban J connectivity index is 0.00000364. The number of nitrogens with zero attached hydrogens (tertiary/aromatic N) is 2. The molecule has 1 amide bonds. The molecule has 2 aromatic rings. The average Bonchev–Trinajstić information content (AvgIpc) is 2.66. The van der Waals surface area contributed by atoms with Gasteiger partial charge in [-0.1, -0.05) is 29.8 Å². The largest absolute Gasteiger partial charge is 0.507 e. The van der Waals surface area contributed by atoms with E-state index in [1.54, 1.807) is 48.7 Å². The van der Waals surface area contributed by atoms with Gasteiger partial charge in [0.2, 0.25) is 0 Å². The molecule has 27 heavy (non-hydrogen) atoms. The van der Waals surface area contributed by atoms with Crippen LogP contribution in [0.4, 0.5) is 5.69 Å². The van der Waals surface area contributed by atoms with Crippen LogP contribution in [0.1, 0.15) is 29.8 Å². The van der Waals surface area contributed by atoms with Gasteiger partial charge in [0.05, 0.1) is 5.69 Å². The highest BCUT2D eigenvalue weighted by Crippen LogP contribution is 2.21. The Labute approximate surface area is 175 Å². The number of benzene rings is 2. The molecule has 0 aliphatic rings. The van der Waals surface area contributed by atoms with Crippen LogP contribution in [0.15, 0.2) is 51.9 Å². The highest BCUT2D eigenvalue weighted by molar-refractivity contribution is 9.10. The first-order valence-electron chi connectivity index (χ1n) is 8.66. The number of carbonyl (C=O) groups is 1. The van der Waals surface area contributed by atoms with Crippen LogP contribution in [0.2, 0.25) is 0 Å². The molecule has 0 heterocycles. The van der Waals surface area contributed by atoms with Gasteiger partial charge >= 0.3 is 0 Å². The zero-order chi connectivity index (χ0) is 18.9. The third kappa shape index (κ3) is 7.33. The van der Waals surface area contributed by atoms with E-state index in [9.17, 15) is 9.90 Å². The van der Waals surface area contributed by atoms with Crippen molar-refractivity contribution < 1.29 is 9.90 Å². The minimum atomic E-state index is -0.0858. The van der Waals surface area contributed by atoms with Gasteiger partial charge in [-0.05, 0) is 55.6 Å². The summed E-state index contributed by atoms with van der Waals surface area (Å²) in [5.41, 5.74) is 1.94. The molecule has 0 saturated heterocycles. The topological polar surface area (TPSA) is 64.9 Å². The molecule has 5 nitrogen and oxygen atoms in total. The first kappa shape index (κ1) is 23.1. The summed E-state index contributed by atoms with van der Waals surface area (Å²) in [4.78, 5) is 18.8. The Kier molecular flexibility index (Phi) is 10.1. The van der Waals surface area contributed by atoms with E-state index in [-0.39, 0.29) is 24.1 Å². The van der Waals surface area contributed by atoms with E-state index in [2.05, 4.69) is 45.0 Å². The number of hydrogen-bond acceptors (Lipinski definition) is 4. The molecule has 0 unspecified atom stereocenters. The minimum absolute atomic E-state index is 0. The van der Waals surface area contributed by atoms with E-state index in [0.717, 1.165) is 24.1 Å². The van der Waals surface area contributed by atoms with Crippen molar-refractivity contribution in [3.8, 4) is 5.75 Å². The van der Waals surface area contributed by atoms with Crippen molar-refractivity contribution in [2.75, 3.05) is 26.2 Å². The van der Waals surface area contributed by atoms with Crippen molar-refractivity contribution in [1.82, 2.24) is 10.2 Å². The molecule has 0 fully saturated rings. The highest BCUT2D eigenvalue weighted by atomic mass is 79.9. The quantitative estimate of drug-likeness (QED) is 0.581. The summed E-state index contributed by atoms with van der Waals surface area (Å²) in [5.74, 6) is 0.0819. The molecule has 146 valence electrons. The fourth-order valence-corrected chi connectivity index (χ4v) is 2.82. The smallest absolute Gasteiger partial charge is 0.251 e. The van der Waals surface area contributed by atoms with Crippen molar-refractivity contribution >= 4 is 46.1 Å². The molecule has 0 atom stereocenters. The number of likely N-dealkylation sites (N-methyl/N-ethyl adjacent to an activating group) is 1. The highest BCUT2D eigenvalue weighted by Gasteiger charge is 2.06. The van der Waals surface area contributed by atoms with Gasteiger partial charge < -0.3 is 15.3 Å². The fourth-order valence-electron chi connectivity index (χ4n) is 2.44. The Morgan fingerprint density at radius 3 is 2.48 bits per heavy atom. The Bertz CT molecular complexity index is 762. The van der Waals surface area contributed by atoms with Gasteiger partial charge in [-0.2, -0.15) is 0 Å². The molecule has 2 N–H and O–H groups in total. The van der Waals surface area contributed by atoms with Gasteiger partial charge in [0.25, 0.3) is 5.91 Å². The number of nitrogens with one attached hydrogen (secondary N) is 1. The number of halogens is 2. The number of aliphatic imine (C=N–C) groups is 1. The van der Waals surface area contributed by atoms with E-state index < -0.39 is 0 Å². The van der Waals surface area contributed by atoms with Crippen LogP contribution >= 0.6 is 28.3 Å². The first-order chi connectivity index (χ1) is 12.5. The van der Waals surface area contributed by atoms with Crippen LogP contribution in [0.25, 0.3) is 0 Å². The molecule has 0 aliphatic carbocycles. The maximum absolute atomic E-state index is 12.2. The third-order valence-corrected chi connectivity index (χ3v) is 4.57. The summed E-state index contributed by atoms with van der Waals surface area (Å²) in [7, 11) is 0. The van der Waals surface area contributed by atoms with Gasteiger partial charge in [-0.25, -0.2) is 0 Å². The van der Waals surface area contributed by atoms with E-state index in [4.69, 9.17) is 0 Å². The molecule has 0 radical (unpaired) electrons. The molecular formula is C20H25BrClN3O2. The number of amides is 1. The van der Waals surface area contributed by atoms with Crippen LogP contribution in [-0.4, -0.2) is 48.3 Å². The Morgan fingerprint density at radius 2 is 1.85 bits per heavy atom. The predicted octanol–water partition coefficient (Wildman–Crippen LogP) is 4.40. The second-order valence-electron chi connectivity index (χ2n) is 5.79. The van der Waals surface area contributed by atoms with Gasteiger partial charge in [-0.15, -0.1) is 12.4 Å². The molecule has 0 aliphatic heterocycles. The summed E-state index contributed by atoms with van der Waals surface area (Å²) in [6, 6.07) is 12.2. The number of hydrogen-bond donors (Lipinski definition) is 2. The zero-order valence-electron chi connectivity index (χ0n) is 15.5. The summed E-state index contributed by atoms with van der Waals surface area (Å²) < 4.78 is 0.869. The van der Waals surface area contributed by atoms with Gasteiger partial charge in [-0.3, -0.25) is 9.79 Å². The lowest BCUT2D eigenvalue weighted by Gasteiger charge is -2.17. The molecule has 7 heteroatoms. The van der Waals surface area contributed by atoms with Crippen LogP contribution in [0, 0.1) is 0 Å². The van der Waals surface area contributed by atoms with E-state index in [1.165, 1.54) is 0 Å². The van der Waals surface area contributed by atoms with Crippen molar-refractivity contribution in [2.24, 2.45) is 4.99 Å². The summed E-state index contributed by atoms with van der Waals surface area (Å²) in [5, 5.41) is 12.8. The average molecular weight is 455 g/mol. The molecule has 0 bridgehead atoms. The van der Waals surface area contributed by atoms with Gasteiger partial charge in [0.15, 0.2) is 0 Å². The molecule has 2 aromatic carbocycles. The van der Waals surface area contributed by atoms with Crippen molar-refractivity contribution in [3.05, 3.63) is 58.1 Å². The Hall–Kier alpha value is -1.89. The number of phenolic OH excluding ortho intramolecular Hbond substituents is 1. The standard InChI is InChI=1S/C20H24BrN3O2.ClH/c1-3-24(4-2)12-11-22-20(26)15-5-8-18(9-6-15)23-14-16-13-17(21)7-10-19(16)25;/h5-10,13-14,25H,3-4,11-12H2,1-2H3,(H,22,26);1H. The zero-order valence-corrected chi connectivity index (χ0v) is 17.9. The molecular weight excluding hydrogens is 430 g/mol. The van der Waals surface area contributed by atoms with Crippen molar-refractivity contribution in [2.45, 2.75) is 13.8 Å². The number of aromatic hydroxyl groups is 1. The van der Waals surface area contributed by atoms with Crippen LogP contribution < -0.4 is 5.32 Å². The monoisotopic (exact) mass is 453 g/mol. The fraction of sp³-hybridized carbons (Fsp3) is 0.300. The SMILES string of the molecule is CCN(CC)CCNC(=O)c1ccc(N=Cc2cc(Br)ccc2O)cc1.Cl. The summed E-state index contributed by atoms with van der Waals surface area (Å²) >= 11 is 3.37. The summed E-state index contributed by atoms with van der Waals surface area (Å²) in [6.45, 7) is 7.65. The van der Waals surface area contributed by atoms with Crippen LogP contribution in [-0.2, 0) is 0 Å². The van der Waals surface area contributed by atoms with Gasteiger partial charge in [0.1, 0.15) is 5.75 Å². The lowest BCUT2D eigenvalue weighted by Crippen LogP contribution is -2.34. The molecule has 0 aromatic heterocycles. The van der Waals surface area contributed by atoms with E-state index >= 15 is 0 Å². The van der Waals surface area contributed by atoms with Crippen LogP contribution in [0.5, 0.6) is 5.75 Å². The Morgan fingerprint density at radius 1 is 1.19 bits per heavy atom. The molecule has 0 saturated carbocycles.